The number of hydrogen-bond donors (Lipinski definition) is 5. The monoisotopic (exact) mass is 532 g/mol. The van der Waals surface area contributed by atoms with Crippen molar-refractivity contribution in [3.63, 3.8) is 0 Å². The van der Waals surface area contributed by atoms with E-state index in [4.69, 9.17) is 9.47 Å². The van der Waals surface area contributed by atoms with Gasteiger partial charge < -0.3 is 35.0 Å². The maximum Gasteiger partial charge on any atom is 0.275 e. The van der Waals surface area contributed by atoms with Crippen molar-refractivity contribution in [2.24, 2.45) is 0 Å². The highest BCUT2D eigenvalue weighted by Crippen LogP contribution is 2.28. The van der Waals surface area contributed by atoms with Crippen molar-refractivity contribution in [1.82, 2.24) is 0 Å². The molecule has 0 radical (unpaired) electrons. The van der Waals surface area contributed by atoms with Crippen LogP contribution in [0.4, 0.5) is 0 Å². The molecule has 12 heteroatoms. The van der Waals surface area contributed by atoms with Gasteiger partial charge in [0.15, 0.2) is 34.9 Å². The second-order valence-corrected chi connectivity index (χ2v) is 8.31. The molecule has 0 aromatic heterocycles. The van der Waals surface area contributed by atoms with E-state index in [0.29, 0.717) is 11.1 Å². The first-order valence-corrected chi connectivity index (χ1v) is 11.4. The minimum Gasteiger partial charge on any atom is -0.504 e. The number of ether oxygens (including phenoxy) is 2. The van der Waals surface area contributed by atoms with Crippen molar-refractivity contribution in [3.05, 3.63) is 47.5 Å². The third kappa shape index (κ3) is 7.44. The van der Waals surface area contributed by atoms with Gasteiger partial charge in [0.25, 0.3) is 11.6 Å². The fourth-order valence-electron chi connectivity index (χ4n) is 3.43. The topological polar surface area (TPSA) is 205 Å². The predicted molar refractivity (Wildman–Crippen MR) is 129 cm³/mol. The smallest absolute Gasteiger partial charge is 0.275 e. The van der Waals surface area contributed by atoms with Crippen molar-refractivity contribution in [3.8, 4) is 23.0 Å². The number of phenolic OH excluding ortho intramolecular Hbond substituents is 2. The van der Waals surface area contributed by atoms with E-state index in [-0.39, 0.29) is 48.7 Å². The number of carbonyl (C=O) groups is 5. The number of hydrogen-bond acceptors (Lipinski definition) is 12. The SMILES string of the molecule is COc1cc(CCC(=O)C(O)[C@H](O)C(=O)C(=O)C(=O)C(=O)C(O)CCc2ccc(O)c(OC)c2)ccc1O. The largest absolute Gasteiger partial charge is 0.504 e. The van der Waals surface area contributed by atoms with E-state index in [0.717, 1.165) is 0 Å². The van der Waals surface area contributed by atoms with E-state index in [1.165, 1.54) is 50.6 Å². The Morgan fingerprint density at radius 1 is 0.711 bits per heavy atom. The molecule has 2 unspecified atom stereocenters. The molecule has 0 heterocycles. The van der Waals surface area contributed by atoms with Gasteiger partial charge in [0.2, 0.25) is 11.6 Å². The van der Waals surface area contributed by atoms with Crippen LogP contribution in [0.3, 0.4) is 0 Å². The number of carbonyl (C=O) groups excluding carboxylic acids is 5. The molecule has 0 aliphatic rings. The Morgan fingerprint density at radius 2 is 1.18 bits per heavy atom. The van der Waals surface area contributed by atoms with Crippen LogP contribution in [0.1, 0.15) is 24.0 Å². The van der Waals surface area contributed by atoms with Gasteiger partial charge in [-0.2, -0.15) is 0 Å². The van der Waals surface area contributed by atoms with Crippen LogP contribution in [0.15, 0.2) is 36.4 Å². The minimum absolute atomic E-state index is 0.0257. The summed E-state index contributed by atoms with van der Waals surface area (Å²) in [7, 11) is 2.65. The van der Waals surface area contributed by atoms with Crippen molar-refractivity contribution in [2.45, 2.75) is 44.0 Å². The first-order valence-electron chi connectivity index (χ1n) is 11.4. The molecule has 0 aliphatic carbocycles. The lowest BCUT2D eigenvalue weighted by atomic mass is 9.94. The molecule has 2 rings (SSSR count). The number of rotatable bonds is 15. The zero-order valence-electron chi connectivity index (χ0n) is 20.6. The maximum atomic E-state index is 12.2. The number of benzene rings is 2. The summed E-state index contributed by atoms with van der Waals surface area (Å²) < 4.78 is 9.90. The molecule has 2 aromatic carbocycles. The minimum atomic E-state index is -2.59. The van der Waals surface area contributed by atoms with Gasteiger partial charge in [0, 0.05) is 6.42 Å². The van der Waals surface area contributed by atoms with Crippen LogP contribution in [-0.2, 0) is 36.8 Å². The third-order valence-corrected chi connectivity index (χ3v) is 5.71. The van der Waals surface area contributed by atoms with Gasteiger partial charge in [0.1, 0.15) is 12.2 Å². The van der Waals surface area contributed by atoms with E-state index in [1.54, 1.807) is 0 Å². The molecule has 0 fully saturated rings. The van der Waals surface area contributed by atoms with Crippen LogP contribution in [-0.4, -0.2) is 87.0 Å². The molecule has 3 atom stereocenters. The molecule has 0 saturated carbocycles. The lowest BCUT2D eigenvalue weighted by Crippen LogP contribution is -2.47. The molecule has 0 amide bonds. The third-order valence-electron chi connectivity index (χ3n) is 5.71. The van der Waals surface area contributed by atoms with E-state index < -0.39 is 47.2 Å². The zero-order chi connectivity index (χ0) is 28.6. The average Bonchev–Trinajstić information content (AvgIpc) is 2.93. The van der Waals surface area contributed by atoms with Crippen molar-refractivity contribution in [2.75, 3.05) is 14.2 Å². The maximum absolute atomic E-state index is 12.2. The number of methoxy groups -OCH3 is 2. The molecule has 0 spiro atoms. The standard InChI is InChI=1S/C26H28O12/c1-37-19-11-13(3-7-15(19)27)5-9-17(29)21(31)23(33)25(35)26(36)24(34)22(32)18(30)10-6-14-4-8-16(28)20(12-14)38-2/h3-4,7-8,11-12,17,22,24,27-29,32,34H,5-6,9-10H2,1-2H3/t17?,22?,24-/m0/s1. The molecule has 2 aromatic rings. The normalized spacial score (nSPS) is 13.2. The summed E-state index contributed by atoms with van der Waals surface area (Å²) in [4.78, 5) is 60.9. The van der Waals surface area contributed by atoms with Crippen molar-refractivity contribution in [1.29, 1.82) is 0 Å². The Kier molecular flexibility index (Phi) is 10.6. The molecule has 38 heavy (non-hydrogen) atoms. The summed E-state index contributed by atoms with van der Waals surface area (Å²) in [6, 6.07) is 8.49. The Bertz CT molecular complexity index is 1220. The highest BCUT2D eigenvalue weighted by atomic mass is 16.5. The quantitative estimate of drug-likeness (QED) is 0.147. The van der Waals surface area contributed by atoms with Gasteiger partial charge in [-0.25, -0.2) is 0 Å². The number of aryl methyl sites for hydroxylation is 2. The summed E-state index contributed by atoms with van der Waals surface area (Å²) in [5, 5.41) is 49.2. The number of phenols is 2. The van der Waals surface area contributed by atoms with Crippen molar-refractivity contribution < 1.29 is 59.0 Å². The van der Waals surface area contributed by atoms with Gasteiger partial charge >= 0.3 is 0 Å². The lowest BCUT2D eigenvalue weighted by Gasteiger charge is -2.15. The van der Waals surface area contributed by atoms with Crippen LogP contribution < -0.4 is 9.47 Å². The summed E-state index contributed by atoms with van der Waals surface area (Å²) in [5.41, 5.74) is 1.06. The number of aliphatic hydroxyl groups is 3. The number of Topliss-reactive ketones (excluding diaryl/α,β-unsaturated/α-hetero) is 5. The number of ketones is 5. The highest BCUT2D eigenvalue weighted by molar-refractivity contribution is 6.79. The Hall–Kier alpha value is -4.13. The number of aliphatic hydroxyl groups excluding tert-OH is 3. The molecule has 0 aliphatic heterocycles. The average molecular weight is 532 g/mol. The second kappa shape index (κ2) is 13.4. The van der Waals surface area contributed by atoms with Gasteiger partial charge in [-0.05, 0) is 54.7 Å². The molecule has 0 bridgehead atoms. The molecular formula is C26H28O12. The molecule has 204 valence electrons. The lowest BCUT2D eigenvalue weighted by molar-refractivity contribution is -0.155. The fourth-order valence-corrected chi connectivity index (χ4v) is 3.43. The van der Waals surface area contributed by atoms with Crippen LogP contribution >= 0.6 is 0 Å². The number of aromatic hydroxyl groups is 2. The van der Waals surface area contributed by atoms with Gasteiger partial charge in [0.05, 0.1) is 14.2 Å². The molecule has 12 nitrogen and oxygen atoms in total. The molecule has 5 N–H and O–H groups in total. The van der Waals surface area contributed by atoms with E-state index in [9.17, 15) is 49.5 Å². The van der Waals surface area contributed by atoms with E-state index >= 15 is 0 Å². The van der Waals surface area contributed by atoms with Crippen LogP contribution in [0.2, 0.25) is 0 Å². The summed E-state index contributed by atoms with van der Waals surface area (Å²) in [6.07, 6.45) is -7.51. The second-order valence-electron chi connectivity index (χ2n) is 8.31. The summed E-state index contributed by atoms with van der Waals surface area (Å²) in [6.45, 7) is 0. The van der Waals surface area contributed by atoms with E-state index in [1.807, 2.05) is 0 Å². The van der Waals surface area contributed by atoms with Gasteiger partial charge in [-0.15, -0.1) is 0 Å². The Labute approximate surface area is 217 Å². The molecular weight excluding hydrogens is 504 g/mol. The summed E-state index contributed by atoms with van der Waals surface area (Å²) >= 11 is 0. The van der Waals surface area contributed by atoms with Crippen LogP contribution in [0.5, 0.6) is 23.0 Å². The van der Waals surface area contributed by atoms with Crippen LogP contribution in [0, 0.1) is 0 Å². The van der Waals surface area contributed by atoms with Gasteiger partial charge in [-0.3, -0.25) is 24.0 Å². The zero-order valence-corrected chi connectivity index (χ0v) is 20.6. The van der Waals surface area contributed by atoms with Crippen molar-refractivity contribution >= 4 is 28.9 Å². The Balaban J connectivity index is 1.93. The van der Waals surface area contributed by atoms with E-state index in [2.05, 4.69) is 0 Å². The Morgan fingerprint density at radius 3 is 1.68 bits per heavy atom. The van der Waals surface area contributed by atoms with Gasteiger partial charge in [-0.1, -0.05) is 12.1 Å². The summed E-state index contributed by atoms with van der Waals surface area (Å²) in [5.74, 6) is -8.35. The predicted octanol–water partition coefficient (Wildman–Crippen LogP) is -0.391. The highest BCUT2D eigenvalue weighted by Gasteiger charge is 2.39. The fraction of sp³-hybridized carbons (Fsp3) is 0.346. The van der Waals surface area contributed by atoms with Crippen LogP contribution in [0.25, 0.3) is 0 Å². The first-order chi connectivity index (χ1) is 17.9. The first kappa shape index (κ1) is 30.1. The molecule has 0 saturated heterocycles.